The molecule has 31 heavy (non-hydrogen) atoms. The van der Waals surface area contributed by atoms with Gasteiger partial charge in [-0.1, -0.05) is 30.3 Å². The number of ether oxygens (including phenoxy) is 1. The molecular formula is C23H26F2N4O2. The van der Waals surface area contributed by atoms with Gasteiger partial charge in [-0.05, 0) is 24.1 Å². The number of hydrogen-bond donors (Lipinski definition) is 0. The Labute approximate surface area is 181 Å². The highest BCUT2D eigenvalue weighted by Gasteiger charge is 2.31. The van der Waals surface area contributed by atoms with Gasteiger partial charge >= 0.3 is 6.61 Å². The molecule has 164 valence electrons. The van der Waals surface area contributed by atoms with E-state index >= 15 is 0 Å². The normalized spacial score (nSPS) is 15.5. The number of amides is 1. The van der Waals surface area contributed by atoms with Crippen LogP contribution in [0.4, 0.5) is 14.5 Å². The van der Waals surface area contributed by atoms with Crippen LogP contribution in [-0.4, -0.2) is 62.6 Å². The molecular weight excluding hydrogens is 402 g/mol. The van der Waals surface area contributed by atoms with E-state index in [2.05, 4.69) is 14.5 Å². The lowest BCUT2D eigenvalue weighted by molar-refractivity contribution is -0.134. The molecule has 0 radical (unpaired) electrons. The van der Waals surface area contributed by atoms with Gasteiger partial charge in [0.1, 0.15) is 17.9 Å². The second kappa shape index (κ2) is 9.75. The number of piperazine rings is 1. The summed E-state index contributed by atoms with van der Waals surface area (Å²) in [5, 5.41) is 9.28. The number of anilines is 1. The first-order chi connectivity index (χ1) is 14.8. The number of hydrogen-bond acceptors (Lipinski definition) is 5. The number of carbonyl (C=O) groups excluding carboxylic acids is 1. The van der Waals surface area contributed by atoms with Crippen molar-refractivity contribution >= 4 is 11.6 Å². The topological polar surface area (TPSA) is 59.8 Å². The van der Waals surface area contributed by atoms with Crippen molar-refractivity contribution in [3.05, 3.63) is 59.2 Å². The molecule has 1 atom stereocenters. The third-order valence-corrected chi connectivity index (χ3v) is 5.45. The summed E-state index contributed by atoms with van der Waals surface area (Å²) >= 11 is 0. The molecule has 0 aliphatic carbocycles. The zero-order chi connectivity index (χ0) is 22.5. The molecule has 1 unspecified atom stereocenters. The second-order valence-electron chi connectivity index (χ2n) is 7.70. The molecule has 1 saturated heterocycles. The number of aryl methyl sites for hydroxylation is 1. The molecule has 0 aromatic heterocycles. The molecule has 1 fully saturated rings. The molecule has 1 heterocycles. The zero-order valence-corrected chi connectivity index (χ0v) is 17.9. The van der Waals surface area contributed by atoms with E-state index in [4.69, 9.17) is 0 Å². The van der Waals surface area contributed by atoms with E-state index in [0.29, 0.717) is 31.7 Å². The molecule has 6 nitrogen and oxygen atoms in total. The maximum absolute atomic E-state index is 12.9. The first-order valence-corrected chi connectivity index (χ1v) is 10.1. The van der Waals surface area contributed by atoms with Gasteiger partial charge in [0.05, 0.1) is 5.56 Å². The van der Waals surface area contributed by atoms with E-state index in [0.717, 1.165) is 11.3 Å². The predicted octanol–water partition coefficient (Wildman–Crippen LogP) is 3.42. The van der Waals surface area contributed by atoms with Crippen molar-refractivity contribution < 1.29 is 18.3 Å². The molecule has 0 saturated carbocycles. The van der Waals surface area contributed by atoms with Crippen LogP contribution in [0.2, 0.25) is 0 Å². The number of nitrogens with zero attached hydrogens (tertiary/aromatic N) is 4. The monoisotopic (exact) mass is 428 g/mol. The Morgan fingerprint density at radius 1 is 1.13 bits per heavy atom. The largest absolute Gasteiger partial charge is 0.433 e. The van der Waals surface area contributed by atoms with Gasteiger partial charge in [-0.3, -0.25) is 9.69 Å². The highest BCUT2D eigenvalue weighted by Crippen LogP contribution is 2.32. The number of alkyl halides is 2. The number of nitriles is 1. The highest BCUT2D eigenvalue weighted by atomic mass is 19.3. The molecule has 0 bridgehead atoms. The van der Waals surface area contributed by atoms with Crippen LogP contribution in [0, 0.1) is 18.3 Å². The quantitative estimate of drug-likeness (QED) is 0.706. The fourth-order valence-electron chi connectivity index (χ4n) is 3.88. The molecule has 0 N–H and O–H groups in total. The Morgan fingerprint density at radius 2 is 1.77 bits per heavy atom. The summed E-state index contributed by atoms with van der Waals surface area (Å²) in [6.07, 6.45) is 0. The van der Waals surface area contributed by atoms with Crippen molar-refractivity contribution in [2.45, 2.75) is 19.6 Å². The van der Waals surface area contributed by atoms with Gasteiger partial charge < -0.3 is 14.5 Å². The van der Waals surface area contributed by atoms with Crippen LogP contribution in [0.5, 0.6) is 5.75 Å². The fraction of sp³-hybridized carbons (Fsp3) is 0.391. The summed E-state index contributed by atoms with van der Waals surface area (Å²) in [5.41, 5.74) is 2.37. The third-order valence-electron chi connectivity index (χ3n) is 5.45. The molecule has 1 aliphatic rings. The lowest BCUT2D eigenvalue weighted by atomic mass is 10.0. The third kappa shape index (κ3) is 5.12. The van der Waals surface area contributed by atoms with Gasteiger partial charge in [0.2, 0.25) is 5.91 Å². The second-order valence-corrected chi connectivity index (χ2v) is 7.70. The summed E-state index contributed by atoms with van der Waals surface area (Å²) < 4.78 is 30.2. The Hall–Kier alpha value is -3.18. The predicted molar refractivity (Wildman–Crippen MR) is 114 cm³/mol. The van der Waals surface area contributed by atoms with E-state index in [-0.39, 0.29) is 23.3 Å². The first kappa shape index (κ1) is 22.5. The number of likely N-dealkylation sites (N-methyl/N-ethyl adjacent to an activating group) is 1. The number of benzene rings is 2. The van der Waals surface area contributed by atoms with Gasteiger partial charge in [-0.25, -0.2) is 0 Å². The van der Waals surface area contributed by atoms with E-state index in [1.807, 2.05) is 42.5 Å². The average Bonchev–Trinajstić information content (AvgIpc) is 2.74. The van der Waals surface area contributed by atoms with Crippen molar-refractivity contribution in [2.75, 3.05) is 45.2 Å². The molecule has 3 rings (SSSR count). The Balaban J connectivity index is 1.80. The van der Waals surface area contributed by atoms with Gasteiger partial charge in [-0.2, -0.15) is 14.0 Å². The number of rotatable bonds is 6. The van der Waals surface area contributed by atoms with E-state index in [1.54, 1.807) is 25.9 Å². The van der Waals surface area contributed by atoms with Crippen molar-refractivity contribution in [2.24, 2.45) is 0 Å². The van der Waals surface area contributed by atoms with Crippen molar-refractivity contribution in [3.8, 4) is 11.8 Å². The molecule has 8 heteroatoms. The van der Waals surface area contributed by atoms with Crippen molar-refractivity contribution in [1.29, 1.82) is 5.26 Å². The number of carbonyl (C=O) groups is 1. The van der Waals surface area contributed by atoms with Crippen molar-refractivity contribution in [3.63, 3.8) is 0 Å². The van der Waals surface area contributed by atoms with E-state index < -0.39 is 6.61 Å². The maximum Gasteiger partial charge on any atom is 0.387 e. The molecule has 1 amide bonds. The molecule has 0 spiro atoms. The zero-order valence-electron chi connectivity index (χ0n) is 17.9. The lowest BCUT2D eigenvalue weighted by Crippen LogP contribution is -2.51. The minimum Gasteiger partial charge on any atom is -0.433 e. The minimum absolute atomic E-state index is 0.0153. The summed E-state index contributed by atoms with van der Waals surface area (Å²) in [4.78, 5) is 18.7. The van der Waals surface area contributed by atoms with Crippen LogP contribution in [0.15, 0.2) is 42.5 Å². The van der Waals surface area contributed by atoms with Crippen LogP contribution in [-0.2, 0) is 4.79 Å². The summed E-state index contributed by atoms with van der Waals surface area (Å²) in [5.74, 6) is -0.0960. The highest BCUT2D eigenvalue weighted by molar-refractivity contribution is 5.83. The van der Waals surface area contributed by atoms with Crippen LogP contribution < -0.4 is 9.64 Å². The van der Waals surface area contributed by atoms with Gasteiger partial charge in [0.25, 0.3) is 0 Å². The van der Waals surface area contributed by atoms with Gasteiger partial charge in [-0.15, -0.1) is 0 Å². The van der Waals surface area contributed by atoms with E-state index in [9.17, 15) is 18.8 Å². The van der Waals surface area contributed by atoms with Gasteiger partial charge in [0, 0.05) is 52.0 Å². The van der Waals surface area contributed by atoms with Gasteiger partial charge in [0.15, 0.2) is 0 Å². The van der Waals surface area contributed by atoms with Crippen LogP contribution in [0.3, 0.4) is 0 Å². The fourth-order valence-corrected chi connectivity index (χ4v) is 3.88. The summed E-state index contributed by atoms with van der Waals surface area (Å²) in [7, 11) is 3.50. The lowest BCUT2D eigenvalue weighted by Gasteiger charge is -2.40. The maximum atomic E-state index is 12.9. The average molecular weight is 428 g/mol. The molecule has 1 aliphatic heterocycles. The Kier molecular flexibility index (Phi) is 7.08. The number of halogens is 2. The van der Waals surface area contributed by atoms with Crippen molar-refractivity contribution in [1.82, 2.24) is 9.80 Å². The SMILES string of the molecule is Cc1cc(N2CCN(C(C(=O)N(C)C)c3ccccc3)CC2)cc(OC(F)F)c1C#N. The Morgan fingerprint density at radius 3 is 2.32 bits per heavy atom. The van der Waals surface area contributed by atoms with E-state index in [1.165, 1.54) is 6.07 Å². The molecule has 2 aromatic rings. The Bertz CT molecular complexity index is 952. The first-order valence-electron chi connectivity index (χ1n) is 10.1. The minimum atomic E-state index is -3.00. The summed E-state index contributed by atoms with van der Waals surface area (Å²) in [6, 6.07) is 14.5. The van der Waals surface area contributed by atoms with Crippen LogP contribution in [0.1, 0.15) is 22.7 Å². The molecule has 2 aromatic carbocycles. The van der Waals surface area contributed by atoms with Crippen LogP contribution >= 0.6 is 0 Å². The van der Waals surface area contributed by atoms with Crippen LogP contribution in [0.25, 0.3) is 0 Å². The smallest absolute Gasteiger partial charge is 0.387 e. The summed E-state index contributed by atoms with van der Waals surface area (Å²) in [6.45, 7) is 1.19. The standard InChI is InChI=1S/C23H26F2N4O2/c1-16-13-18(14-20(19(16)15-26)31-23(24)25)28-9-11-29(12-10-28)21(22(30)27(2)3)17-7-5-4-6-8-17/h4-8,13-14,21,23H,9-12H2,1-3H3.